The molecule has 0 heterocycles. The molecule has 0 atom stereocenters. The first kappa shape index (κ1) is 4.46. The second kappa shape index (κ2) is 1.75. The van der Waals surface area contributed by atoms with Crippen LogP contribution in [0.25, 0.3) is 0 Å². The van der Waals surface area contributed by atoms with Crippen LogP contribution in [0.3, 0.4) is 0 Å². The molecule has 0 aromatic carbocycles. The average Bonchev–Trinajstić information content (AvgIpc) is 0.811. The molecule has 0 spiro atoms. The van der Waals surface area contributed by atoms with Gasteiger partial charge in [0.1, 0.15) is 0 Å². The molecule has 0 radical (unpaired) electrons. The molecule has 25 valence electrons. The average molecular weight is 143 g/mol. The van der Waals surface area contributed by atoms with Crippen molar-refractivity contribution >= 4 is 0 Å². The van der Waals surface area contributed by atoms with E-state index < -0.39 is 19.2 Å². The van der Waals surface area contributed by atoms with Gasteiger partial charge in [0.05, 0.1) is 0 Å². The molecule has 0 saturated heterocycles. The van der Waals surface area contributed by atoms with E-state index in [4.69, 9.17) is 10.5 Å². The molecule has 0 amide bonds. The molecule has 2 N–H and O–H groups in total. The van der Waals surface area contributed by atoms with Crippen LogP contribution in [-0.2, 0) is 22.5 Å². The Kier molecular flexibility index (Phi) is 1.95. The van der Waals surface area contributed by atoms with E-state index in [9.17, 15) is 0 Å². The van der Waals surface area contributed by atoms with Crippen LogP contribution in [0.15, 0.2) is 0 Å². The number of hydrogen-bond donors (Lipinski definition) is 2. The molecule has 0 aliphatic carbocycles. The van der Waals surface area contributed by atoms with Crippen molar-refractivity contribution in [1.29, 1.82) is 0 Å². The Morgan fingerprint density at radius 1 is 1.50 bits per heavy atom. The molecular weight excluding hydrogens is 141 g/mol. The topological polar surface area (TPSA) is 57.5 Å². The van der Waals surface area contributed by atoms with Crippen LogP contribution in [-0.4, -0.2) is 7.23 Å². The van der Waals surface area contributed by atoms with Crippen LogP contribution in [0.1, 0.15) is 0 Å². The van der Waals surface area contributed by atoms with E-state index in [-0.39, 0.29) is 0 Å². The van der Waals surface area contributed by atoms with Crippen molar-refractivity contribution in [2.24, 2.45) is 0 Å². The van der Waals surface area contributed by atoms with Crippen LogP contribution in [0, 0.1) is 0 Å². The van der Waals surface area contributed by atoms with E-state index in [1.165, 1.54) is 0 Å². The summed E-state index contributed by atoms with van der Waals surface area (Å²) in [6, 6.07) is 0. The van der Waals surface area contributed by atoms with Gasteiger partial charge in [-0.1, -0.05) is 0 Å². The van der Waals surface area contributed by atoms with Gasteiger partial charge in [-0.15, -0.1) is 0 Å². The van der Waals surface area contributed by atoms with E-state index in [2.05, 4.69) is 0 Å². The monoisotopic (exact) mass is 143 g/mol. The van der Waals surface area contributed by atoms with Gasteiger partial charge >= 0.3 is 29.7 Å². The van der Waals surface area contributed by atoms with Crippen LogP contribution in [0.5, 0.6) is 0 Å². The zero-order valence-electron chi connectivity index (χ0n) is 1.75. The molecule has 0 unspecified atom stereocenters. The van der Waals surface area contributed by atoms with Gasteiger partial charge in [-0.2, -0.15) is 0 Å². The van der Waals surface area contributed by atoms with E-state index in [0.717, 1.165) is 0 Å². The Bertz CT molecular complexity index is 26.3. The third-order valence-corrected chi connectivity index (χ3v) is 0. The first-order valence-electron chi connectivity index (χ1n) is 0.583. The molecule has 0 aromatic heterocycles. The van der Waals surface area contributed by atoms with Crippen molar-refractivity contribution in [2.75, 3.05) is 0 Å². The third-order valence-electron chi connectivity index (χ3n) is 0. The van der Waals surface area contributed by atoms with Crippen molar-refractivity contribution in [3.63, 3.8) is 0 Å². The summed E-state index contributed by atoms with van der Waals surface area (Å²) in [6.07, 6.45) is 0. The van der Waals surface area contributed by atoms with Gasteiger partial charge in [-0.05, 0) is 0 Å². The predicted molar refractivity (Wildman–Crippen MR) is 5.12 cm³/mol. The molecule has 0 fully saturated rings. The first-order chi connectivity index (χ1) is 1.73. The number of hydrogen-bond acceptors (Lipinski definition) is 1. The molecule has 0 aromatic rings. The summed E-state index contributed by atoms with van der Waals surface area (Å²) in [5.74, 6) is 0. The second-order valence-electron chi connectivity index (χ2n) is 0.253. The first-order valence-corrected chi connectivity index (χ1v) is 3.45. The van der Waals surface area contributed by atoms with Gasteiger partial charge in [-0.25, -0.2) is 0 Å². The van der Waals surface area contributed by atoms with Crippen molar-refractivity contribution in [2.45, 2.75) is 0 Å². The van der Waals surface area contributed by atoms with E-state index in [0.29, 0.717) is 0 Å². The predicted octanol–water partition coefficient (Wildman–Crippen LogP) is -1.24. The molecule has 0 bridgehead atoms. The molecule has 0 rings (SSSR count). The van der Waals surface area contributed by atoms with E-state index >= 15 is 0 Å². The van der Waals surface area contributed by atoms with Gasteiger partial charge < -0.3 is 0 Å². The zero-order chi connectivity index (χ0) is 3.58. The van der Waals surface area contributed by atoms with Crippen LogP contribution in [0.2, 0.25) is 0 Å². The Balaban J connectivity index is 2.80. The maximum absolute atomic E-state index is 8.82. The minimum absolute atomic E-state index is 3.70. The Morgan fingerprint density at radius 3 is 1.50 bits per heavy atom. The third kappa shape index (κ3) is 24.8. The fourth-order valence-corrected chi connectivity index (χ4v) is 0. The zero-order valence-corrected chi connectivity index (χ0v) is 3.95. The standard InChI is InChI=1S/Nb.2H2O.O/h;2*1H2;/q+2;;;/p-2. The molecule has 0 saturated carbocycles. The summed E-state index contributed by atoms with van der Waals surface area (Å²) in [5, 5.41) is 0. The Labute approximate surface area is 30.3 Å². The van der Waals surface area contributed by atoms with Gasteiger partial charge in [-0.3, -0.25) is 0 Å². The van der Waals surface area contributed by atoms with Crippen molar-refractivity contribution in [3.05, 3.63) is 0 Å². The fraction of sp³-hybridized carbons (Fsp3) is 0. The van der Waals surface area contributed by atoms with Gasteiger partial charge in [0.25, 0.3) is 0 Å². The van der Waals surface area contributed by atoms with Crippen molar-refractivity contribution < 1.29 is 29.7 Å². The van der Waals surface area contributed by atoms with Crippen molar-refractivity contribution in [3.8, 4) is 0 Å². The molecule has 3 nitrogen and oxygen atoms in total. The van der Waals surface area contributed by atoms with E-state index in [1.807, 2.05) is 0 Å². The summed E-state index contributed by atoms with van der Waals surface area (Å²) in [4.78, 5) is 0. The van der Waals surface area contributed by atoms with Gasteiger partial charge in [0.15, 0.2) is 0 Å². The molecule has 0 aliphatic rings. The maximum atomic E-state index is 8.82. The van der Waals surface area contributed by atoms with Gasteiger partial charge in [0, 0.05) is 0 Å². The molecule has 4 heavy (non-hydrogen) atoms. The number of rotatable bonds is 0. The second-order valence-corrected chi connectivity index (χ2v) is 1.50. The fourth-order valence-electron chi connectivity index (χ4n) is 0. The summed E-state index contributed by atoms with van der Waals surface area (Å²) in [7, 11) is 0. The molecule has 4 heteroatoms. The van der Waals surface area contributed by atoms with Crippen LogP contribution >= 0.6 is 0 Å². The van der Waals surface area contributed by atoms with Crippen molar-refractivity contribution in [1.82, 2.24) is 0 Å². The Morgan fingerprint density at radius 2 is 1.50 bits per heavy atom. The summed E-state index contributed by atoms with van der Waals surface area (Å²) in [6.45, 7) is 0. The summed E-state index contributed by atoms with van der Waals surface area (Å²) in [5.41, 5.74) is 0. The minimum atomic E-state index is -3.70. The molecule has 0 aliphatic heterocycles. The SMILES string of the molecule is [O]=[Nb]([OH])[OH]. The summed E-state index contributed by atoms with van der Waals surface area (Å²) >= 11 is -3.70. The Hall–Kier alpha value is 0.460. The normalized spacial score (nSPS) is 6.50. The molecular formula is H2NbO3. The van der Waals surface area contributed by atoms with E-state index in [1.54, 1.807) is 0 Å². The summed E-state index contributed by atoms with van der Waals surface area (Å²) < 4.78 is 23.3. The van der Waals surface area contributed by atoms with Crippen LogP contribution < -0.4 is 0 Å². The van der Waals surface area contributed by atoms with Crippen LogP contribution in [0.4, 0.5) is 0 Å². The quantitative estimate of drug-likeness (QED) is 0.417. The van der Waals surface area contributed by atoms with Gasteiger partial charge in [0.2, 0.25) is 0 Å².